The van der Waals surface area contributed by atoms with Crippen LogP contribution in [0.4, 0.5) is 0 Å². The molecule has 2 aromatic rings. The van der Waals surface area contributed by atoms with Crippen molar-refractivity contribution in [3.8, 4) is 11.3 Å². The first-order valence-corrected chi connectivity index (χ1v) is 9.72. The van der Waals surface area contributed by atoms with Crippen LogP contribution in [0.25, 0.3) is 11.3 Å². The van der Waals surface area contributed by atoms with Gasteiger partial charge in [0.2, 0.25) is 10.0 Å². The van der Waals surface area contributed by atoms with Crippen molar-refractivity contribution < 1.29 is 8.42 Å². The maximum Gasteiger partial charge on any atom is 0.266 e. The minimum absolute atomic E-state index is 0.140. The first-order valence-electron chi connectivity index (χ1n) is 7.87. The van der Waals surface area contributed by atoms with Gasteiger partial charge in [0, 0.05) is 43.7 Å². The third-order valence-corrected chi connectivity index (χ3v) is 5.62. The second-order valence-electron chi connectivity index (χ2n) is 6.08. The number of pyridine rings is 1. The van der Waals surface area contributed by atoms with E-state index in [0.717, 1.165) is 24.1 Å². The molecule has 0 N–H and O–H groups in total. The number of aromatic nitrogens is 3. The molecule has 8 heteroatoms. The summed E-state index contributed by atoms with van der Waals surface area (Å²) in [7, 11) is -3.13. The topological polar surface area (TPSA) is 85.2 Å². The van der Waals surface area contributed by atoms with Crippen molar-refractivity contribution in [2.24, 2.45) is 5.92 Å². The summed E-state index contributed by atoms with van der Waals surface area (Å²) < 4.78 is 26.1. The predicted molar refractivity (Wildman–Crippen MR) is 90.9 cm³/mol. The second-order valence-corrected chi connectivity index (χ2v) is 8.06. The molecule has 128 valence electrons. The van der Waals surface area contributed by atoms with Crippen molar-refractivity contribution in [2.75, 3.05) is 19.3 Å². The highest BCUT2D eigenvalue weighted by Gasteiger charge is 2.25. The Bertz CT molecular complexity index is 856. The Balaban J connectivity index is 1.73. The van der Waals surface area contributed by atoms with E-state index in [1.54, 1.807) is 18.5 Å². The first kappa shape index (κ1) is 16.8. The van der Waals surface area contributed by atoms with Crippen LogP contribution in [0.1, 0.15) is 12.8 Å². The number of hydrogen-bond acceptors (Lipinski definition) is 5. The normalized spacial score (nSPS) is 17.0. The summed E-state index contributed by atoms with van der Waals surface area (Å²) in [5, 5.41) is 4.45. The van der Waals surface area contributed by atoms with Gasteiger partial charge in [0.05, 0.1) is 11.9 Å². The van der Waals surface area contributed by atoms with Crippen LogP contribution in [0.3, 0.4) is 0 Å². The third kappa shape index (κ3) is 3.88. The lowest BCUT2D eigenvalue weighted by molar-refractivity contribution is 0.245. The van der Waals surface area contributed by atoms with Gasteiger partial charge in [-0.3, -0.25) is 9.78 Å². The molecule has 1 saturated heterocycles. The van der Waals surface area contributed by atoms with Crippen molar-refractivity contribution in [3.63, 3.8) is 0 Å². The Morgan fingerprint density at radius 3 is 2.42 bits per heavy atom. The van der Waals surface area contributed by atoms with Crippen LogP contribution in [0, 0.1) is 5.92 Å². The van der Waals surface area contributed by atoms with E-state index < -0.39 is 10.0 Å². The average molecular weight is 348 g/mol. The molecule has 0 spiro atoms. The summed E-state index contributed by atoms with van der Waals surface area (Å²) >= 11 is 0. The maximum atomic E-state index is 12.1. The number of hydrogen-bond donors (Lipinski definition) is 0. The molecule has 2 aromatic heterocycles. The summed E-state index contributed by atoms with van der Waals surface area (Å²) in [5.74, 6) is 0.251. The summed E-state index contributed by atoms with van der Waals surface area (Å²) in [6.07, 6.45) is 6.08. The molecular weight excluding hydrogens is 328 g/mol. The summed E-state index contributed by atoms with van der Waals surface area (Å²) in [6, 6.07) is 6.93. The maximum absolute atomic E-state index is 12.1. The van der Waals surface area contributed by atoms with Crippen LogP contribution in [0.15, 0.2) is 41.5 Å². The highest BCUT2D eigenvalue weighted by atomic mass is 32.2. The molecule has 0 radical (unpaired) electrons. The van der Waals surface area contributed by atoms with Gasteiger partial charge in [0.1, 0.15) is 0 Å². The second kappa shape index (κ2) is 6.82. The Morgan fingerprint density at radius 2 is 1.79 bits per heavy atom. The quantitative estimate of drug-likeness (QED) is 0.822. The first-order chi connectivity index (χ1) is 11.4. The molecule has 0 aromatic carbocycles. The molecule has 0 bridgehead atoms. The van der Waals surface area contributed by atoms with Gasteiger partial charge in [-0.2, -0.15) is 5.10 Å². The monoisotopic (exact) mass is 348 g/mol. The molecule has 0 saturated carbocycles. The molecule has 3 rings (SSSR count). The van der Waals surface area contributed by atoms with Gasteiger partial charge in [-0.1, -0.05) is 0 Å². The van der Waals surface area contributed by atoms with Crippen molar-refractivity contribution in [1.29, 1.82) is 0 Å². The summed E-state index contributed by atoms with van der Waals surface area (Å²) in [6.45, 7) is 1.51. The SMILES string of the molecule is CS(=O)(=O)N1CCC(Cn2nc(-c3ccncc3)ccc2=O)CC1. The smallest absolute Gasteiger partial charge is 0.266 e. The van der Waals surface area contributed by atoms with Gasteiger partial charge in [-0.05, 0) is 37.0 Å². The van der Waals surface area contributed by atoms with Crippen LogP contribution in [0.2, 0.25) is 0 Å². The number of piperidine rings is 1. The van der Waals surface area contributed by atoms with Gasteiger partial charge >= 0.3 is 0 Å². The van der Waals surface area contributed by atoms with E-state index in [2.05, 4.69) is 10.1 Å². The van der Waals surface area contributed by atoms with Crippen LogP contribution in [0.5, 0.6) is 0 Å². The highest BCUT2D eigenvalue weighted by Crippen LogP contribution is 2.20. The molecule has 1 fully saturated rings. The predicted octanol–water partition coefficient (Wildman–Crippen LogP) is 0.977. The van der Waals surface area contributed by atoms with Gasteiger partial charge in [-0.15, -0.1) is 0 Å². The molecule has 0 aliphatic carbocycles. The van der Waals surface area contributed by atoms with E-state index in [1.165, 1.54) is 21.3 Å². The Kier molecular flexibility index (Phi) is 4.77. The minimum Gasteiger partial charge on any atom is -0.268 e. The standard InChI is InChI=1S/C16H20N4O3S/c1-24(22,23)19-10-6-13(7-11-19)12-20-16(21)3-2-15(18-20)14-4-8-17-9-5-14/h2-5,8-9,13H,6-7,10-12H2,1H3. The van der Waals surface area contributed by atoms with Crippen LogP contribution in [-0.2, 0) is 16.6 Å². The van der Waals surface area contributed by atoms with E-state index in [1.807, 2.05) is 12.1 Å². The van der Waals surface area contributed by atoms with E-state index in [4.69, 9.17) is 0 Å². The van der Waals surface area contributed by atoms with Crippen LogP contribution < -0.4 is 5.56 Å². The lowest BCUT2D eigenvalue weighted by atomic mass is 9.98. The van der Waals surface area contributed by atoms with E-state index in [-0.39, 0.29) is 11.5 Å². The van der Waals surface area contributed by atoms with Crippen molar-refractivity contribution in [3.05, 3.63) is 47.0 Å². The van der Waals surface area contributed by atoms with Gasteiger partial charge in [0.15, 0.2) is 0 Å². The van der Waals surface area contributed by atoms with Gasteiger partial charge in [0.25, 0.3) is 5.56 Å². The number of nitrogens with zero attached hydrogens (tertiary/aromatic N) is 4. The molecule has 0 atom stereocenters. The third-order valence-electron chi connectivity index (χ3n) is 4.32. The lowest BCUT2D eigenvalue weighted by Crippen LogP contribution is -2.39. The fourth-order valence-corrected chi connectivity index (χ4v) is 3.80. The van der Waals surface area contributed by atoms with Crippen molar-refractivity contribution in [2.45, 2.75) is 19.4 Å². The van der Waals surface area contributed by atoms with Crippen molar-refractivity contribution >= 4 is 10.0 Å². The zero-order valence-electron chi connectivity index (χ0n) is 13.5. The Morgan fingerprint density at radius 1 is 1.12 bits per heavy atom. The van der Waals surface area contributed by atoms with Gasteiger partial charge < -0.3 is 0 Å². The fourth-order valence-electron chi connectivity index (χ4n) is 2.92. The van der Waals surface area contributed by atoms with E-state index in [0.29, 0.717) is 19.6 Å². The van der Waals surface area contributed by atoms with Crippen molar-refractivity contribution in [1.82, 2.24) is 19.1 Å². The molecule has 1 aliphatic rings. The Labute approximate surface area is 141 Å². The lowest BCUT2D eigenvalue weighted by Gasteiger charge is -2.30. The molecule has 0 amide bonds. The van der Waals surface area contributed by atoms with Gasteiger partial charge in [-0.25, -0.2) is 17.4 Å². The van der Waals surface area contributed by atoms with Crippen LogP contribution in [-0.4, -0.2) is 46.8 Å². The largest absolute Gasteiger partial charge is 0.268 e. The summed E-state index contributed by atoms with van der Waals surface area (Å²) in [4.78, 5) is 16.1. The molecule has 7 nitrogen and oxygen atoms in total. The highest BCUT2D eigenvalue weighted by molar-refractivity contribution is 7.88. The average Bonchev–Trinajstić information content (AvgIpc) is 2.57. The van der Waals surface area contributed by atoms with Crippen LogP contribution >= 0.6 is 0 Å². The fraction of sp³-hybridized carbons (Fsp3) is 0.438. The number of rotatable bonds is 4. The molecule has 1 aliphatic heterocycles. The minimum atomic E-state index is -3.13. The zero-order valence-corrected chi connectivity index (χ0v) is 14.3. The molecular formula is C16H20N4O3S. The summed E-state index contributed by atoms with van der Waals surface area (Å²) in [5.41, 5.74) is 1.49. The molecule has 3 heterocycles. The Hall–Kier alpha value is -2.06. The van der Waals surface area contributed by atoms with E-state index >= 15 is 0 Å². The molecule has 0 unspecified atom stereocenters. The molecule has 24 heavy (non-hydrogen) atoms. The zero-order chi connectivity index (χ0) is 17.2. The number of sulfonamides is 1. The van der Waals surface area contributed by atoms with E-state index in [9.17, 15) is 13.2 Å².